The number of aromatic amines is 1. The lowest BCUT2D eigenvalue weighted by molar-refractivity contribution is -0.141. The predicted octanol–water partition coefficient (Wildman–Crippen LogP) is 3.12. The maximum absolute atomic E-state index is 12.5. The molecule has 102 valence electrons. The molecule has 0 atom stereocenters. The van der Waals surface area contributed by atoms with Crippen LogP contribution in [0.25, 0.3) is 10.9 Å². The van der Waals surface area contributed by atoms with Gasteiger partial charge in [-0.15, -0.1) is 0 Å². The number of fused-ring (bicyclic) bond motifs is 1. The summed E-state index contributed by atoms with van der Waals surface area (Å²) in [7, 11) is 0. The quantitative estimate of drug-likeness (QED) is 0.756. The maximum atomic E-state index is 12.5. The maximum Gasteiger partial charge on any atom is 0.433 e. The van der Waals surface area contributed by atoms with Crippen molar-refractivity contribution in [3.63, 3.8) is 0 Å². The third-order valence-electron chi connectivity index (χ3n) is 2.64. The van der Waals surface area contributed by atoms with Gasteiger partial charge in [0.05, 0.1) is 11.7 Å². The molecule has 0 aliphatic carbocycles. The van der Waals surface area contributed by atoms with Gasteiger partial charge >= 0.3 is 6.18 Å². The molecule has 3 rings (SSSR count). The van der Waals surface area contributed by atoms with E-state index >= 15 is 0 Å². The van der Waals surface area contributed by atoms with Crippen molar-refractivity contribution in [3.05, 3.63) is 42.4 Å². The summed E-state index contributed by atoms with van der Waals surface area (Å²) in [4.78, 5) is 7.21. The molecule has 0 radical (unpaired) electrons. The SMILES string of the molecule is FC(F)(F)c1ccnc(Nc2ccc3[nH]ncc3c2)n1. The number of benzene rings is 1. The molecule has 20 heavy (non-hydrogen) atoms. The summed E-state index contributed by atoms with van der Waals surface area (Å²) >= 11 is 0. The van der Waals surface area contributed by atoms with E-state index in [1.54, 1.807) is 24.4 Å². The van der Waals surface area contributed by atoms with Gasteiger partial charge in [-0.05, 0) is 24.3 Å². The van der Waals surface area contributed by atoms with Gasteiger partial charge in [0, 0.05) is 17.3 Å². The van der Waals surface area contributed by atoms with Gasteiger partial charge in [0.25, 0.3) is 0 Å². The van der Waals surface area contributed by atoms with E-state index in [0.29, 0.717) is 5.69 Å². The highest BCUT2D eigenvalue weighted by Gasteiger charge is 2.32. The summed E-state index contributed by atoms with van der Waals surface area (Å²) in [6, 6.07) is 6.02. The second kappa shape index (κ2) is 4.48. The van der Waals surface area contributed by atoms with Crippen LogP contribution in [0.1, 0.15) is 5.69 Å². The van der Waals surface area contributed by atoms with Crippen LogP contribution < -0.4 is 5.32 Å². The fourth-order valence-corrected chi connectivity index (χ4v) is 1.73. The second-order valence-corrected chi connectivity index (χ2v) is 4.06. The van der Waals surface area contributed by atoms with Gasteiger partial charge in [-0.25, -0.2) is 9.97 Å². The summed E-state index contributed by atoms with van der Waals surface area (Å²) in [6.07, 6.45) is -1.81. The Morgan fingerprint density at radius 3 is 2.80 bits per heavy atom. The Kier molecular flexibility index (Phi) is 2.78. The van der Waals surface area contributed by atoms with E-state index in [4.69, 9.17) is 0 Å². The van der Waals surface area contributed by atoms with Crippen LogP contribution in [0.3, 0.4) is 0 Å². The Hall–Kier alpha value is -2.64. The number of nitrogens with one attached hydrogen (secondary N) is 2. The molecule has 0 bridgehead atoms. The molecule has 5 nitrogen and oxygen atoms in total. The fraction of sp³-hybridized carbons (Fsp3) is 0.0833. The fourth-order valence-electron chi connectivity index (χ4n) is 1.73. The van der Waals surface area contributed by atoms with Crippen LogP contribution in [0, 0.1) is 0 Å². The van der Waals surface area contributed by atoms with Crippen molar-refractivity contribution in [1.29, 1.82) is 0 Å². The molecule has 2 N–H and O–H groups in total. The first-order valence-corrected chi connectivity index (χ1v) is 5.63. The summed E-state index contributed by atoms with van der Waals surface area (Å²) in [5.41, 5.74) is 0.429. The van der Waals surface area contributed by atoms with Crippen LogP contribution in [-0.2, 0) is 6.18 Å². The highest BCUT2D eigenvalue weighted by atomic mass is 19.4. The highest BCUT2D eigenvalue weighted by molar-refractivity contribution is 5.82. The molecule has 2 heterocycles. The minimum absolute atomic E-state index is 0.109. The molecular formula is C12H8F3N5. The lowest BCUT2D eigenvalue weighted by Gasteiger charge is -2.08. The standard InChI is InChI=1S/C12H8F3N5/c13-12(14,15)10-3-4-16-11(19-10)18-8-1-2-9-7(5-8)6-17-20-9/h1-6H,(H,17,20)(H,16,18,19). The molecule has 0 fully saturated rings. The number of nitrogens with zero attached hydrogens (tertiary/aromatic N) is 3. The average molecular weight is 279 g/mol. The first kappa shape index (κ1) is 12.4. The van der Waals surface area contributed by atoms with Crippen molar-refractivity contribution in [2.75, 3.05) is 5.32 Å². The van der Waals surface area contributed by atoms with Gasteiger partial charge in [0.2, 0.25) is 5.95 Å². The van der Waals surface area contributed by atoms with Crippen LogP contribution in [0.15, 0.2) is 36.7 Å². The Bertz CT molecular complexity index is 750. The van der Waals surface area contributed by atoms with Gasteiger partial charge in [-0.2, -0.15) is 18.3 Å². The van der Waals surface area contributed by atoms with Gasteiger partial charge in [-0.3, -0.25) is 5.10 Å². The monoisotopic (exact) mass is 279 g/mol. The molecule has 8 heteroatoms. The molecule has 0 unspecified atom stereocenters. The topological polar surface area (TPSA) is 66.5 Å². The number of anilines is 2. The lowest BCUT2D eigenvalue weighted by atomic mass is 10.2. The number of rotatable bonds is 2. The van der Waals surface area contributed by atoms with E-state index in [9.17, 15) is 13.2 Å². The zero-order valence-corrected chi connectivity index (χ0v) is 9.94. The molecule has 0 aliphatic rings. The molecule has 2 aromatic heterocycles. The van der Waals surface area contributed by atoms with Crippen LogP contribution in [0.4, 0.5) is 24.8 Å². The lowest BCUT2D eigenvalue weighted by Crippen LogP contribution is -2.10. The first-order chi connectivity index (χ1) is 9.52. The van der Waals surface area contributed by atoms with E-state index < -0.39 is 11.9 Å². The summed E-state index contributed by atoms with van der Waals surface area (Å²) in [6.45, 7) is 0. The summed E-state index contributed by atoms with van der Waals surface area (Å²) in [5, 5.41) is 10.2. The Labute approximate surface area is 110 Å². The highest BCUT2D eigenvalue weighted by Crippen LogP contribution is 2.28. The van der Waals surface area contributed by atoms with Crippen molar-refractivity contribution >= 4 is 22.5 Å². The average Bonchev–Trinajstić information content (AvgIpc) is 2.85. The Morgan fingerprint density at radius 2 is 2.00 bits per heavy atom. The molecule has 0 aliphatic heterocycles. The first-order valence-electron chi connectivity index (χ1n) is 5.63. The number of H-pyrrole nitrogens is 1. The summed E-state index contributed by atoms with van der Waals surface area (Å²) < 4.78 is 37.6. The minimum atomic E-state index is -4.49. The van der Waals surface area contributed by atoms with Crippen molar-refractivity contribution in [1.82, 2.24) is 20.2 Å². The normalized spacial score (nSPS) is 11.8. The zero-order chi connectivity index (χ0) is 14.2. The Morgan fingerprint density at radius 1 is 1.15 bits per heavy atom. The van der Waals surface area contributed by atoms with E-state index in [1.807, 2.05) is 0 Å². The molecule has 1 aromatic carbocycles. The van der Waals surface area contributed by atoms with Gasteiger partial charge in [0.1, 0.15) is 5.69 Å². The van der Waals surface area contributed by atoms with Gasteiger partial charge in [-0.1, -0.05) is 0 Å². The summed E-state index contributed by atoms with van der Waals surface area (Å²) in [5.74, 6) is -0.109. The zero-order valence-electron chi connectivity index (χ0n) is 9.94. The van der Waals surface area contributed by atoms with E-state index in [1.165, 1.54) is 0 Å². The number of halogens is 3. The molecular weight excluding hydrogens is 271 g/mol. The minimum Gasteiger partial charge on any atom is -0.324 e. The smallest absolute Gasteiger partial charge is 0.324 e. The van der Waals surface area contributed by atoms with Crippen molar-refractivity contribution < 1.29 is 13.2 Å². The third-order valence-corrected chi connectivity index (χ3v) is 2.64. The number of alkyl halides is 3. The van der Waals surface area contributed by atoms with E-state index in [2.05, 4.69) is 25.5 Å². The van der Waals surface area contributed by atoms with Crippen molar-refractivity contribution in [2.45, 2.75) is 6.18 Å². The van der Waals surface area contributed by atoms with Crippen molar-refractivity contribution in [2.24, 2.45) is 0 Å². The number of hydrogen-bond acceptors (Lipinski definition) is 4. The third kappa shape index (κ3) is 2.40. The van der Waals surface area contributed by atoms with Crippen LogP contribution in [-0.4, -0.2) is 20.2 Å². The van der Waals surface area contributed by atoms with Crippen molar-refractivity contribution in [3.8, 4) is 0 Å². The van der Waals surface area contributed by atoms with E-state index in [0.717, 1.165) is 23.2 Å². The molecule has 0 saturated carbocycles. The van der Waals surface area contributed by atoms with Gasteiger partial charge < -0.3 is 5.32 Å². The predicted molar refractivity (Wildman–Crippen MR) is 66.4 cm³/mol. The second-order valence-electron chi connectivity index (χ2n) is 4.06. The molecule has 0 amide bonds. The largest absolute Gasteiger partial charge is 0.433 e. The molecule has 0 saturated heterocycles. The molecule has 0 spiro atoms. The van der Waals surface area contributed by atoms with Crippen LogP contribution >= 0.6 is 0 Å². The van der Waals surface area contributed by atoms with Crippen LogP contribution in [0.2, 0.25) is 0 Å². The number of aromatic nitrogens is 4. The molecule has 3 aromatic rings. The van der Waals surface area contributed by atoms with E-state index in [-0.39, 0.29) is 5.95 Å². The van der Waals surface area contributed by atoms with Crippen LogP contribution in [0.5, 0.6) is 0 Å². The Balaban J connectivity index is 1.90. The van der Waals surface area contributed by atoms with Gasteiger partial charge in [0.15, 0.2) is 0 Å². The number of hydrogen-bond donors (Lipinski definition) is 2.